The minimum atomic E-state index is -0.634. The van der Waals surface area contributed by atoms with Crippen LogP contribution in [0.1, 0.15) is 25.7 Å². The molecule has 0 atom stereocenters. The van der Waals surface area contributed by atoms with Gasteiger partial charge in [-0.3, -0.25) is 4.79 Å². The summed E-state index contributed by atoms with van der Waals surface area (Å²) in [6.45, 7) is 3.75. The summed E-state index contributed by atoms with van der Waals surface area (Å²) < 4.78 is 18.1. The molecule has 0 bridgehead atoms. The van der Waals surface area contributed by atoms with Crippen molar-refractivity contribution in [2.24, 2.45) is 5.92 Å². The highest BCUT2D eigenvalue weighted by molar-refractivity contribution is 6.59. The van der Waals surface area contributed by atoms with E-state index in [1.54, 1.807) is 0 Å². The van der Waals surface area contributed by atoms with E-state index in [0.717, 1.165) is 19.3 Å². The summed E-state index contributed by atoms with van der Waals surface area (Å²) in [5.74, 6) is -0.00839. The number of ether oxygens (including phenoxy) is 1. The summed E-state index contributed by atoms with van der Waals surface area (Å²) in [4.78, 5) is 12.1. The van der Waals surface area contributed by atoms with E-state index >= 15 is 0 Å². The van der Waals surface area contributed by atoms with Crippen molar-refractivity contribution >= 4 is 14.8 Å². The first kappa shape index (κ1) is 16.0. The van der Waals surface area contributed by atoms with Gasteiger partial charge in [-0.05, 0) is 43.5 Å². The van der Waals surface area contributed by atoms with Gasteiger partial charge in [-0.25, -0.2) is 4.39 Å². The molecular formula is C17H23FO2Si. The Morgan fingerprint density at radius 3 is 2.62 bits per heavy atom. The number of unbranched alkanes of at least 4 members (excludes halogenated alkanes) is 1. The van der Waals surface area contributed by atoms with E-state index in [1.807, 2.05) is 6.08 Å². The SMILES string of the molecule is C=CCCC[SiH]1CCC(C(=O)Oc2ccc(F)cc2)CC1. The smallest absolute Gasteiger partial charge is 0.314 e. The molecule has 2 rings (SSSR count). The second kappa shape index (κ2) is 8.13. The lowest BCUT2D eigenvalue weighted by Crippen LogP contribution is -2.28. The predicted molar refractivity (Wildman–Crippen MR) is 85.8 cm³/mol. The fourth-order valence-electron chi connectivity index (χ4n) is 2.94. The average molecular weight is 306 g/mol. The van der Waals surface area contributed by atoms with Crippen LogP contribution in [-0.2, 0) is 4.79 Å². The van der Waals surface area contributed by atoms with E-state index in [4.69, 9.17) is 4.74 Å². The Labute approximate surface area is 127 Å². The van der Waals surface area contributed by atoms with Crippen molar-refractivity contribution in [2.45, 2.75) is 43.8 Å². The van der Waals surface area contributed by atoms with Crippen LogP contribution in [0, 0.1) is 11.7 Å². The average Bonchev–Trinajstić information content (AvgIpc) is 2.50. The maximum absolute atomic E-state index is 12.8. The lowest BCUT2D eigenvalue weighted by Gasteiger charge is -2.26. The molecular weight excluding hydrogens is 283 g/mol. The third kappa shape index (κ3) is 5.12. The molecule has 0 N–H and O–H groups in total. The van der Waals surface area contributed by atoms with Crippen molar-refractivity contribution in [3.63, 3.8) is 0 Å². The number of carbonyl (C=O) groups excluding carboxylic acids is 1. The van der Waals surface area contributed by atoms with Crippen LogP contribution >= 0.6 is 0 Å². The first-order valence-corrected chi connectivity index (χ1v) is 10.2. The van der Waals surface area contributed by atoms with Gasteiger partial charge < -0.3 is 4.74 Å². The Kier molecular flexibility index (Phi) is 6.17. The molecule has 114 valence electrons. The molecule has 1 fully saturated rings. The Morgan fingerprint density at radius 2 is 2.00 bits per heavy atom. The van der Waals surface area contributed by atoms with Crippen LogP contribution in [0.15, 0.2) is 36.9 Å². The van der Waals surface area contributed by atoms with Crippen LogP contribution in [0.4, 0.5) is 4.39 Å². The van der Waals surface area contributed by atoms with Gasteiger partial charge in [0.1, 0.15) is 11.6 Å². The number of allylic oxidation sites excluding steroid dienone is 1. The fourth-order valence-corrected chi connectivity index (χ4v) is 6.37. The molecule has 0 spiro atoms. The highest BCUT2D eigenvalue weighted by atomic mass is 28.3. The summed E-state index contributed by atoms with van der Waals surface area (Å²) in [6.07, 6.45) is 6.28. The van der Waals surface area contributed by atoms with Gasteiger partial charge in [-0.1, -0.05) is 30.6 Å². The van der Waals surface area contributed by atoms with Crippen molar-refractivity contribution in [3.05, 3.63) is 42.7 Å². The number of hydrogen-bond donors (Lipinski definition) is 0. The van der Waals surface area contributed by atoms with Gasteiger partial charge in [0.25, 0.3) is 0 Å². The molecule has 1 aromatic carbocycles. The molecule has 0 amide bonds. The molecule has 0 saturated carbocycles. The minimum Gasteiger partial charge on any atom is -0.426 e. The fraction of sp³-hybridized carbons (Fsp3) is 0.471. The predicted octanol–water partition coefficient (Wildman–Crippen LogP) is 4.33. The van der Waals surface area contributed by atoms with Crippen LogP contribution in [0.3, 0.4) is 0 Å². The number of rotatable bonds is 6. The lowest BCUT2D eigenvalue weighted by atomic mass is 10.0. The van der Waals surface area contributed by atoms with Crippen molar-refractivity contribution in [3.8, 4) is 5.75 Å². The maximum Gasteiger partial charge on any atom is 0.314 e. The van der Waals surface area contributed by atoms with Crippen LogP contribution < -0.4 is 4.74 Å². The number of benzene rings is 1. The summed E-state index contributed by atoms with van der Waals surface area (Å²) >= 11 is 0. The molecule has 21 heavy (non-hydrogen) atoms. The zero-order chi connectivity index (χ0) is 15.1. The highest BCUT2D eigenvalue weighted by Gasteiger charge is 2.28. The van der Waals surface area contributed by atoms with Gasteiger partial charge in [-0.15, -0.1) is 6.58 Å². The molecule has 0 unspecified atom stereocenters. The zero-order valence-corrected chi connectivity index (χ0v) is 13.5. The second-order valence-electron chi connectivity index (χ2n) is 5.81. The standard InChI is InChI=1S/C17H23FO2Si/c1-2-3-4-11-21-12-9-14(10-13-21)17(19)20-16-7-5-15(18)6-8-16/h2,5-8,14,21H,1,3-4,9-13H2. The van der Waals surface area contributed by atoms with E-state index in [0.29, 0.717) is 5.75 Å². The van der Waals surface area contributed by atoms with E-state index in [2.05, 4.69) is 6.58 Å². The van der Waals surface area contributed by atoms with E-state index in [-0.39, 0.29) is 17.7 Å². The van der Waals surface area contributed by atoms with Gasteiger partial charge in [0.15, 0.2) is 0 Å². The van der Waals surface area contributed by atoms with Gasteiger partial charge >= 0.3 is 5.97 Å². The summed E-state index contributed by atoms with van der Waals surface area (Å²) in [5, 5.41) is 0. The lowest BCUT2D eigenvalue weighted by molar-refractivity contribution is -0.139. The van der Waals surface area contributed by atoms with Gasteiger partial charge in [0.05, 0.1) is 5.92 Å². The molecule has 2 nitrogen and oxygen atoms in total. The van der Waals surface area contributed by atoms with Crippen LogP contribution in [-0.4, -0.2) is 14.8 Å². The Balaban J connectivity index is 1.75. The van der Waals surface area contributed by atoms with E-state index < -0.39 is 8.80 Å². The molecule has 1 aromatic rings. The largest absolute Gasteiger partial charge is 0.426 e. The van der Waals surface area contributed by atoms with Gasteiger partial charge in [-0.2, -0.15) is 0 Å². The maximum atomic E-state index is 12.8. The Morgan fingerprint density at radius 1 is 1.33 bits per heavy atom. The highest BCUT2D eigenvalue weighted by Crippen LogP contribution is 2.29. The third-order valence-corrected chi connectivity index (χ3v) is 7.76. The summed E-state index contributed by atoms with van der Waals surface area (Å²) in [7, 11) is -0.634. The molecule has 0 aliphatic carbocycles. The second-order valence-corrected chi connectivity index (χ2v) is 9.28. The molecule has 1 heterocycles. The van der Waals surface area contributed by atoms with Crippen molar-refractivity contribution in [1.29, 1.82) is 0 Å². The van der Waals surface area contributed by atoms with Gasteiger partial charge in [0.2, 0.25) is 0 Å². The zero-order valence-electron chi connectivity index (χ0n) is 12.4. The molecule has 1 saturated heterocycles. The van der Waals surface area contributed by atoms with Crippen LogP contribution in [0.2, 0.25) is 18.1 Å². The van der Waals surface area contributed by atoms with Crippen LogP contribution in [0.5, 0.6) is 5.75 Å². The number of halogens is 1. The topological polar surface area (TPSA) is 26.3 Å². The molecule has 4 heteroatoms. The van der Waals surface area contributed by atoms with Crippen molar-refractivity contribution < 1.29 is 13.9 Å². The summed E-state index contributed by atoms with van der Waals surface area (Å²) in [5.41, 5.74) is 0. The van der Waals surface area contributed by atoms with Gasteiger partial charge in [0, 0.05) is 8.80 Å². The molecule has 0 radical (unpaired) electrons. The van der Waals surface area contributed by atoms with E-state index in [1.165, 1.54) is 48.8 Å². The normalized spacial score (nSPS) is 21.8. The number of hydrogen-bond acceptors (Lipinski definition) is 2. The minimum absolute atomic E-state index is 0.0261. The van der Waals surface area contributed by atoms with Crippen molar-refractivity contribution in [1.82, 2.24) is 0 Å². The number of carbonyl (C=O) groups is 1. The molecule has 0 aromatic heterocycles. The first-order valence-electron chi connectivity index (χ1n) is 7.77. The molecule has 1 aliphatic heterocycles. The Hall–Kier alpha value is -1.42. The number of esters is 1. The molecule has 1 aliphatic rings. The summed E-state index contributed by atoms with van der Waals surface area (Å²) in [6, 6.07) is 9.47. The quantitative estimate of drug-likeness (QED) is 0.257. The van der Waals surface area contributed by atoms with Crippen molar-refractivity contribution in [2.75, 3.05) is 0 Å². The third-order valence-electron chi connectivity index (χ3n) is 4.23. The monoisotopic (exact) mass is 306 g/mol. The first-order chi connectivity index (χ1) is 10.2. The van der Waals surface area contributed by atoms with E-state index in [9.17, 15) is 9.18 Å². The Bertz CT molecular complexity index is 464. The van der Waals surface area contributed by atoms with Crippen LogP contribution in [0.25, 0.3) is 0 Å².